The summed E-state index contributed by atoms with van der Waals surface area (Å²) < 4.78 is 4.87. The van der Waals surface area contributed by atoms with Crippen molar-refractivity contribution in [1.82, 2.24) is 5.32 Å². The highest BCUT2D eigenvalue weighted by atomic mass is 16.5. The fourth-order valence-electron chi connectivity index (χ4n) is 1.27. The van der Waals surface area contributed by atoms with Crippen LogP contribution in [0.1, 0.15) is 25.7 Å². The lowest BCUT2D eigenvalue weighted by Gasteiger charge is -2.27. The van der Waals surface area contributed by atoms with Crippen molar-refractivity contribution in [2.45, 2.75) is 37.8 Å². The van der Waals surface area contributed by atoms with E-state index in [1.54, 1.807) is 7.11 Å². The van der Waals surface area contributed by atoms with Crippen LogP contribution in [0, 0.1) is 0 Å². The maximum Gasteiger partial charge on any atom is 0.0686 e. The first-order chi connectivity index (χ1) is 5.83. The molecule has 0 aromatic rings. The summed E-state index contributed by atoms with van der Waals surface area (Å²) in [5.74, 6) is 0. The van der Waals surface area contributed by atoms with Crippen LogP contribution in [0.3, 0.4) is 0 Å². The molecule has 3 nitrogen and oxygen atoms in total. The zero-order valence-electron chi connectivity index (χ0n) is 7.75. The minimum atomic E-state index is -0.245. The molecule has 12 heavy (non-hydrogen) atoms. The molecule has 1 atom stereocenters. The lowest BCUT2D eigenvalue weighted by molar-refractivity contribution is 0.104. The van der Waals surface area contributed by atoms with Gasteiger partial charge in [0, 0.05) is 26.3 Å². The topological polar surface area (TPSA) is 41.5 Å². The molecule has 0 spiro atoms. The minimum Gasteiger partial charge on any atom is -0.392 e. The highest BCUT2D eigenvalue weighted by Gasteiger charge is 2.17. The standard InChI is InChI=1S/C9H19NO2/c1-12-6-5-9(11)7-10-8-3-2-4-8/h8-11H,2-7H2,1H3. The van der Waals surface area contributed by atoms with E-state index in [0.717, 1.165) is 6.42 Å². The summed E-state index contributed by atoms with van der Waals surface area (Å²) in [5, 5.41) is 12.7. The van der Waals surface area contributed by atoms with E-state index in [0.29, 0.717) is 19.2 Å². The summed E-state index contributed by atoms with van der Waals surface area (Å²) in [4.78, 5) is 0. The Morgan fingerprint density at radius 2 is 2.33 bits per heavy atom. The molecular formula is C9H19NO2. The predicted octanol–water partition coefficient (Wildman–Crippen LogP) is 0.526. The second-order valence-corrected chi connectivity index (χ2v) is 3.47. The SMILES string of the molecule is COCCC(O)CNC1CCC1. The van der Waals surface area contributed by atoms with E-state index in [-0.39, 0.29) is 6.10 Å². The number of nitrogens with one attached hydrogen (secondary N) is 1. The molecule has 72 valence electrons. The van der Waals surface area contributed by atoms with Gasteiger partial charge in [0.05, 0.1) is 6.10 Å². The van der Waals surface area contributed by atoms with E-state index in [4.69, 9.17) is 4.74 Å². The molecule has 0 aliphatic heterocycles. The van der Waals surface area contributed by atoms with Crippen LogP contribution in [0.2, 0.25) is 0 Å². The van der Waals surface area contributed by atoms with Gasteiger partial charge in [-0.25, -0.2) is 0 Å². The first-order valence-electron chi connectivity index (χ1n) is 4.73. The van der Waals surface area contributed by atoms with Crippen molar-refractivity contribution in [3.8, 4) is 0 Å². The predicted molar refractivity (Wildman–Crippen MR) is 48.1 cm³/mol. The monoisotopic (exact) mass is 173 g/mol. The highest BCUT2D eigenvalue weighted by Crippen LogP contribution is 2.17. The third-order valence-electron chi connectivity index (χ3n) is 2.40. The molecule has 1 aliphatic carbocycles. The van der Waals surface area contributed by atoms with Gasteiger partial charge in [0.1, 0.15) is 0 Å². The number of aliphatic hydroxyl groups is 1. The Bertz CT molecular complexity index is 115. The molecule has 1 unspecified atom stereocenters. The average Bonchev–Trinajstić information content (AvgIpc) is 1.98. The van der Waals surface area contributed by atoms with E-state index >= 15 is 0 Å². The van der Waals surface area contributed by atoms with Crippen molar-refractivity contribution in [2.24, 2.45) is 0 Å². The Balaban J connectivity index is 1.90. The summed E-state index contributed by atoms with van der Waals surface area (Å²) in [6.07, 6.45) is 4.38. The smallest absolute Gasteiger partial charge is 0.0686 e. The Morgan fingerprint density at radius 1 is 1.58 bits per heavy atom. The van der Waals surface area contributed by atoms with Crippen molar-refractivity contribution < 1.29 is 9.84 Å². The average molecular weight is 173 g/mol. The van der Waals surface area contributed by atoms with Gasteiger partial charge in [-0.3, -0.25) is 0 Å². The molecule has 2 N–H and O–H groups in total. The second-order valence-electron chi connectivity index (χ2n) is 3.47. The van der Waals surface area contributed by atoms with Gasteiger partial charge in [0.25, 0.3) is 0 Å². The summed E-state index contributed by atoms with van der Waals surface area (Å²) in [5.41, 5.74) is 0. The number of aliphatic hydroxyl groups excluding tert-OH is 1. The third-order valence-corrected chi connectivity index (χ3v) is 2.40. The molecule has 0 amide bonds. The number of ether oxygens (including phenoxy) is 1. The van der Waals surface area contributed by atoms with E-state index in [1.165, 1.54) is 19.3 Å². The fraction of sp³-hybridized carbons (Fsp3) is 1.00. The number of rotatable bonds is 6. The molecule has 0 aromatic carbocycles. The largest absolute Gasteiger partial charge is 0.392 e. The molecule has 1 saturated carbocycles. The number of hydrogen-bond donors (Lipinski definition) is 2. The van der Waals surface area contributed by atoms with Crippen molar-refractivity contribution in [2.75, 3.05) is 20.3 Å². The quantitative estimate of drug-likeness (QED) is 0.615. The maximum atomic E-state index is 9.41. The van der Waals surface area contributed by atoms with E-state index in [2.05, 4.69) is 5.32 Å². The minimum absolute atomic E-state index is 0.245. The molecule has 0 saturated heterocycles. The molecule has 1 rings (SSSR count). The first-order valence-corrected chi connectivity index (χ1v) is 4.73. The molecule has 1 fully saturated rings. The van der Waals surface area contributed by atoms with Crippen LogP contribution < -0.4 is 5.32 Å². The normalized spacial score (nSPS) is 20.5. The molecule has 0 aromatic heterocycles. The zero-order chi connectivity index (χ0) is 8.81. The fourth-order valence-corrected chi connectivity index (χ4v) is 1.27. The Hall–Kier alpha value is -0.120. The Kier molecular flexibility index (Phi) is 4.58. The van der Waals surface area contributed by atoms with Crippen LogP contribution >= 0.6 is 0 Å². The van der Waals surface area contributed by atoms with Crippen LogP contribution in [-0.2, 0) is 4.74 Å². The van der Waals surface area contributed by atoms with Gasteiger partial charge in [-0.05, 0) is 19.3 Å². The highest BCUT2D eigenvalue weighted by molar-refractivity contribution is 4.77. The van der Waals surface area contributed by atoms with Crippen LogP contribution in [0.4, 0.5) is 0 Å². The van der Waals surface area contributed by atoms with E-state index in [1.807, 2.05) is 0 Å². The Labute approximate surface area is 74.1 Å². The third kappa shape index (κ3) is 3.52. The summed E-state index contributed by atoms with van der Waals surface area (Å²) in [7, 11) is 1.66. The van der Waals surface area contributed by atoms with Gasteiger partial charge >= 0.3 is 0 Å². The van der Waals surface area contributed by atoms with Crippen LogP contribution in [0.5, 0.6) is 0 Å². The van der Waals surface area contributed by atoms with Crippen LogP contribution in [0.15, 0.2) is 0 Å². The van der Waals surface area contributed by atoms with Crippen molar-refractivity contribution in [3.63, 3.8) is 0 Å². The second kappa shape index (κ2) is 5.51. The molecule has 0 bridgehead atoms. The van der Waals surface area contributed by atoms with Gasteiger partial charge in [-0.15, -0.1) is 0 Å². The number of hydrogen-bond acceptors (Lipinski definition) is 3. The van der Waals surface area contributed by atoms with Gasteiger partial charge in [0.2, 0.25) is 0 Å². The summed E-state index contributed by atoms with van der Waals surface area (Å²) >= 11 is 0. The number of methoxy groups -OCH3 is 1. The van der Waals surface area contributed by atoms with Gasteiger partial charge in [0.15, 0.2) is 0 Å². The van der Waals surface area contributed by atoms with Gasteiger partial charge in [-0.2, -0.15) is 0 Å². The van der Waals surface area contributed by atoms with Crippen molar-refractivity contribution in [3.05, 3.63) is 0 Å². The van der Waals surface area contributed by atoms with E-state index < -0.39 is 0 Å². The maximum absolute atomic E-state index is 9.41. The first kappa shape index (κ1) is 9.96. The lowest BCUT2D eigenvalue weighted by atomic mass is 9.93. The molecule has 1 aliphatic rings. The summed E-state index contributed by atoms with van der Waals surface area (Å²) in [6, 6.07) is 0.669. The van der Waals surface area contributed by atoms with Crippen molar-refractivity contribution in [1.29, 1.82) is 0 Å². The van der Waals surface area contributed by atoms with Crippen LogP contribution in [0.25, 0.3) is 0 Å². The molecule has 0 heterocycles. The van der Waals surface area contributed by atoms with Gasteiger partial charge in [-0.1, -0.05) is 6.42 Å². The molecule has 3 heteroatoms. The molecule has 0 radical (unpaired) electrons. The lowest BCUT2D eigenvalue weighted by Crippen LogP contribution is -2.40. The Morgan fingerprint density at radius 3 is 2.83 bits per heavy atom. The summed E-state index contributed by atoms with van der Waals surface area (Å²) in [6.45, 7) is 1.36. The zero-order valence-corrected chi connectivity index (χ0v) is 7.75. The van der Waals surface area contributed by atoms with Crippen molar-refractivity contribution >= 4 is 0 Å². The van der Waals surface area contributed by atoms with Crippen LogP contribution in [-0.4, -0.2) is 37.5 Å². The molecular weight excluding hydrogens is 154 g/mol. The van der Waals surface area contributed by atoms with Gasteiger partial charge < -0.3 is 15.2 Å². The van der Waals surface area contributed by atoms with E-state index in [9.17, 15) is 5.11 Å².